The van der Waals surface area contributed by atoms with Crippen LogP contribution in [0.15, 0.2) is 146 Å². The Bertz CT molecular complexity index is 3030. The lowest BCUT2D eigenvalue weighted by molar-refractivity contribution is 1.19. The van der Waals surface area contributed by atoms with E-state index in [0.29, 0.717) is 0 Å². The fraction of sp³-hybridized carbons (Fsp3) is 0. The number of para-hydroxylation sites is 4. The minimum atomic E-state index is 1.18. The molecule has 0 saturated heterocycles. The average Bonchev–Trinajstić information content (AvgIpc) is 3.76. The van der Waals surface area contributed by atoms with Gasteiger partial charge in [0.2, 0.25) is 0 Å². The molecule has 45 heavy (non-hydrogen) atoms. The Morgan fingerprint density at radius 1 is 0.333 bits per heavy atom. The van der Waals surface area contributed by atoms with E-state index in [1.54, 1.807) is 0 Å². The predicted molar refractivity (Wildman–Crippen MR) is 195 cm³/mol. The molecule has 0 spiro atoms. The normalized spacial score (nSPS) is 12.4. The molecule has 3 heteroatoms. The molecule has 0 saturated carbocycles. The van der Waals surface area contributed by atoms with E-state index < -0.39 is 0 Å². The molecule has 4 aromatic heterocycles. The first kappa shape index (κ1) is 23.8. The van der Waals surface area contributed by atoms with Gasteiger partial charge >= 0.3 is 0 Å². The van der Waals surface area contributed by atoms with Crippen molar-refractivity contribution in [3.63, 3.8) is 0 Å². The van der Waals surface area contributed by atoms with Gasteiger partial charge in [-0.2, -0.15) is 0 Å². The minimum absolute atomic E-state index is 1.18. The summed E-state index contributed by atoms with van der Waals surface area (Å²) in [7, 11) is 0. The van der Waals surface area contributed by atoms with Crippen LogP contribution in [0.25, 0.3) is 96.5 Å². The highest BCUT2D eigenvalue weighted by molar-refractivity contribution is 7.26. The van der Waals surface area contributed by atoms with E-state index in [9.17, 15) is 0 Å². The van der Waals surface area contributed by atoms with Gasteiger partial charge in [-0.25, -0.2) is 0 Å². The first-order chi connectivity index (χ1) is 22.4. The maximum Gasteiger partial charge on any atom is 0.0641 e. The van der Waals surface area contributed by atoms with Crippen molar-refractivity contribution in [1.82, 2.24) is 8.97 Å². The number of thiophene rings is 1. The number of rotatable bonds is 1. The van der Waals surface area contributed by atoms with Crippen LogP contribution in [0, 0.1) is 0 Å². The van der Waals surface area contributed by atoms with E-state index in [1.807, 2.05) is 11.3 Å². The summed E-state index contributed by atoms with van der Waals surface area (Å²) in [5.41, 5.74) is 7.36. The van der Waals surface area contributed by atoms with Crippen molar-refractivity contribution in [2.45, 2.75) is 0 Å². The molecule has 0 radical (unpaired) electrons. The zero-order valence-corrected chi connectivity index (χ0v) is 25.0. The van der Waals surface area contributed by atoms with E-state index in [1.165, 1.54) is 96.5 Å². The van der Waals surface area contributed by atoms with Gasteiger partial charge in [0, 0.05) is 58.2 Å². The van der Waals surface area contributed by atoms with Gasteiger partial charge < -0.3 is 8.97 Å². The molecule has 0 amide bonds. The second-order valence-corrected chi connectivity index (χ2v) is 13.1. The quantitative estimate of drug-likeness (QED) is 0.180. The monoisotopic (exact) mass is 588 g/mol. The Kier molecular flexibility index (Phi) is 4.49. The van der Waals surface area contributed by atoms with E-state index in [0.717, 1.165) is 0 Å². The molecule has 0 aliphatic carbocycles. The van der Waals surface area contributed by atoms with Crippen LogP contribution in [0.1, 0.15) is 0 Å². The molecule has 0 aliphatic rings. The maximum atomic E-state index is 2.55. The molecule has 11 rings (SSSR count). The van der Waals surface area contributed by atoms with Crippen LogP contribution in [0.5, 0.6) is 0 Å². The van der Waals surface area contributed by atoms with Crippen LogP contribution < -0.4 is 0 Å². The number of nitrogens with zero attached hydrogens (tertiary/aromatic N) is 2. The van der Waals surface area contributed by atoms with Crippen LogP contribution in [0.2, 0.25) is 0 Å². The predicted octanol–water partition coefficient (Wildman–Crippen LogP) is 12.0. The van der Waals surface area contributed by atoms with Gasteiger partial charge in [0.1, 0.15) is 0 Å². The Hall–Kier alpha value is -5.64. The van der Waals surface area contributed by atoms with E-state index in [2.05, 4.69) is 155 Å². The molecule has 208 valence electrons. The topological polar surface area (TPSA) is 9.34 Å². The molecule has 2 nitrogen and oxygen atoms in total. The summed E-state index contributed by atoms with van der Waals surface area (Å²) in [5.74, 6) is 0. The molecule has 4 heterocycles. The molecule has 0 atom stereocenters. The van der Waals surface area contributed by atoms with Crippen LogP contribution in [-0.4, -0.2) is 8.97 Å². The first-order valence-electron chi connectivity index (χ1n) is 15.5. The summed E-state index contributed by atoms with van der Waals surface area (Å²) in [6.45, 7) is 0. The first-order valence-corrected chi connectivity index (χ1v) is 16.3. The van der Waals surface area contributed by atoms with Crippen LogP contribution in [-0.2, 0) is 0 Å². The zero-order valence-electron chi connectivity index (χ0n) is 24.2. The lowest BCUT2D eigenvalue weighted by Gasteiger charge is -2.09. The largest absolute Gasteiger partial charge is 0.309 e. The average molecular weight is 589 g/mol. The van der Waals surface area contributed by atoms with Crippen molar-refractivity contribution >= 4 is 102 Å². The van der Waals surface area contributed by atoms with Crippen molar-refractivity contribution in [1.29, 1.82) is 0 Å². The summed E-state index contributed by atoms with van der Waals surface area (Å²) < 4.78 is 7.69. The van der Waals surface area contributed by atoms with E-state index in [4.69, 9.17) is 0 Å². The summed E-state index contributed by atoms with van der Waals surface area (Å²) in [4.78, 5) is 0. The number of fused-ring (bicyclic) bond motifs is 11. The van der Waals surface area contributed by atoms with Gasteiger partial charge in [-0.05, 0) is 53.2 Å². The second kappa shape index (κ2) is 8.50. The summed E-state index contributed by atoms with van der Waals surface area (Å²) in [5, 5.41) is 13.0. The molecule has 0 N–H and O–H groups in total. The number of aromatic nitrogens is 2. The molecular formula is C42H24N2S. The Labute approximate surface area is 261 Å². The Balaban J connectivity index is 1.53. The third-order valence-corrected chi connectivity index (χ3v) is 11.0. The highest BCUT2D eigenvalue weighted by atomic mass is 32.1. The maximum absolute atomic E-state index is 2.55. The molecule has 11 aromatic rings. The highest BCUT2D eigenvalue weighted by Gasteiger charge is 2.22. The number of hydrogen-bond donors (Lipinski definition) is 0. The van der Waals surface area contributed by atoms with Gasteiger partial charge in [-0.1, -0.05) is 103 Å². The zero-order chi connectivity index (χ0) is 29.2. The third-order valence-electron chi connectivity index (χ3n) is 9.85. The van der Waals surface area contributed by atoms with E-state index in [-0.39, 0.29) is 0 Å². The molecular weight excluding hydrogens is 565 g/mol. The lowest BCUT2D eigenvalue weighted by atomic mass is 10.0. The van der Waals surface area contributed by atoms with Crippen molar-refractivity contribution in [2.24, 2.45) is 0 Å². The molecule has 0 fully saturated rings. The smallest absolute Gasteiger partial charge is 0.0641 e. The van der Waals surface area contributed by atoms with Crippen LogP contribution in [0.4, 0.5) is 0 Å². The molecule has 0 bridgehead atoms. The standard InChI is InChI=1S/C42H24N2S/c1-2-11-25(12-3-1)43-33-19-6-5-14-27(33)31-23-24-35-38(42(31)43)32-18-8-17-30-29-16-10-22-37-40(29)39-28(15-9-21-36(39)45-37)26-13-4-7-20-34(26)44(35)41(30)32/h1-24H. The van der Waals surface area contributed by atoms with Gasteiger partial charge in [-0.3, -0.25) is 0 Å². The van der Waals surface area contributed by atoms with E-state index >= 15 is 0 Å². The van der Waals surface area contributed by atoms with Crippen LogP contribution >= 0.6 is 11.3 Å². The number of benzene rings is 7. The fourth-order valence-corrected chi connectivity index (χ4v) is 9.29. The van der Waals surface area contributed by atoms with Gasteiger partial charge in [0.25, 0.3) is 0 Å². The SMILES string of the molecule is c1ccc(-n2c3ccccc3c3ccc4c(c5cccc6c7cccc8sc9cccc(c%10ccccc%10n4c65)c9c87)c32)cc1. The van der Waals surface area contributed by atoms with Crippen molar-refractivity contribution in [3.8, 4) is 5.69 Å². The van der Waals surface area contributed by atoms with Gasteiger partial charge in [0.05, 0.1) is 27.6 Å². The summed E-state index contributed by atoms with van der Waals surface area (Å²) in [6, 6.07) is 53.9. The van der Waals surface area contributed by atoms with Gasteiger partial charge in [0.15, 0.2) is 0 Å². The Morgan fingerprint density at radius 2 is 0.889 bits per heavy atom. The van der Waals surface area contributed by atoms with Gasteiger partial charge in [-0.15, -0.1) is 11.3 Å². The molecule has 0 unspecified atom stereocenters. The van der Waals surface area contributed by atoms with Crippen molar-refractivity contribution in [3.05, 3.63) is 146 Å². The fourth-order valence-electron chi connectivity index (χ4n) is 8.13. The highest BCUT2D eigenvalue weighted by Crippen LogP contribution is 2.46. The van der Waals surface area contributed by atoms with Crippen molar-refractivity contribution in [2.75, 3.05) is 0 Å². The molecule has 7 aromatic carbocycles. The third kappa shape index (κ3) is 2.94. The Morgan fingerprint density at radius 3 is 1.67 bits per heavy atom. The second-order valence-electron chi connectivity index (χ2n) is 12.1. The number of hydrogen-bond acceptors (Lipinski definition) is 1. The summed E-state index contributed by atoms with van der Waals surface area (Å²) in [6.07, 6.45) is 0. The van der Waals surface area contributed by atoms with Crippen molar-refractivity contribution < 1.29 is 0 Å². The molecule has 0 aliphatic heterocycles. The lowest BCUT2D eigenvalue weighted by Crippen LogP contribution is -1.93. The minimum Gasteiger partial charge on any atom is -0.309 e. The van der Waals surface area contributed by atoms with Crippen LogP contribution in [0.3, 0.4) is 0 Å². The summed E-state index contributed by atoms with van der Waals surface area (Å²) >= 11 is 1.90.